The van der Waals surface area contributed by atoms with E-state index in [0.29, 0.717) is 0 Å². The molecular weight excluding hydrogens is 627 g/mol. The van der Waals surface area contributed by atoms with Crippen molar-refractivity contribution in [3.63, 3.8) is 0 Å². The molecule has 0 aliphatic heterocycles. The summed E-state index contributed by atoms with van der Waals surface area (Å²) in [4.78, 5) is 0. The van der Waals surface area contributed by atoms with Gasteiger partial charge in [0, 0.05) is 16.5 Å². The zero-order valence-corrected chi connectivity index (χ0v) is 30.1. The van der Waals surface area contributed by atoms with Crippen molar-refractivity contribution in [2.75, 3.05) is 0 Å². The predicted molar refractivity (Wildman–Crippen MR) is 224 cm³/mol. The fourth-order valence-electron chi connectivity index (χ4n) is 6.70. The number of aryl methyl sites for hydroxylation is 3. The average Bonchev–Trinajstić information content (AvgIpc) is 3.53. The van der Waals surface area contributed by atoms with Crippen LogP contribution in [0.25, 0.3) is 60.9 Å². The Hall–Kier alpha value is -6.44. The SMILES string of the molecule is Cc1ccc(-c2ccccc2)cc1.Cc1cccc(-c2ccccc2-c2ccc3c4ccccc4n(-c4ccccc4)c3c2)c1.Cc1ccccc1. The lowest BCUT2D eigenvalue weighted by Crippen LogP contribution is -1.93. The Balaban J connectivity index is 0.000000171. The monoisotopic (exact) mass is 669 g/mol. The Kier molecular flexibility index (Phi) is 10.5. The molecular formula is C51H43N. The second kappa shape index (κ2) is 16.1. The number of hydrogen-bond donors (Lipinski definition) is 0. The fourth-order valence-corrected chi connectivity index (χ4v) is 6.70. The van der Waals surface area contributed by atoms with Gasteiger partial charge in [-0.15, -0.1) is 0 Å². The summed E-state index contributed by atoms with van der Waals surface area (Å²) in [7, 11) is 0. The van der Waals surface area contributed by atoms with Gasteiger partial charge in [-0.1, -0.05) is 199 Å². The van der Waals surface area contributed by atoms with Crippen molar-refractivity contribution < 1.29 is 0 Å². The van der Waals surface area contributed by atoms with E-state index in [4.69, 9.17) is 0 Å². The Morgan fingerprint density at radius 2 is 0.750 bits per heavy atom. The molecule has 9 aromatic rings. The molecule has 0 radical (unpaired) electrons. The zero-order chi connectivity index (χ0) is 35.7. The van der Waals surface area contributed by atoms with Crippen LogP contribution in [0.2, 0.25) is 0 Å². The Morgan fingerprint density at radius 3 is 1.38 bits per heavy atom. The molecule has 0 amide bonds. The van der Waals surface area contributed by atoms with E-state index in [2.05, 4.69) is 207 Å². The van der Waals surface area contributed by atoms with Crippen LogP contribution in [-0.4, -0.2) is 4.57 Å². The first kappa shape index (κ1) is 34.0. The van der Waals surface area contributed by atoms with Crippen LogP contribution in [-0.2, 0) is 0 Å². The fraction of sp³-hybridized carbons (Fsp3) is 0.0588. The van der Waals surface area contributed by atoms with Crippen LogP contribution >= 0.6 is 0 Å². The van der Waals surface area contributed by atoms with Crippen molar-refractivity contribution in [2.24, 2.45) is 0 Å². The maximum absolute atomic E-state index is 2.38. The molecule has 1 nitrogen and oxygen atoms in total. The van der Waals surface area contributed by atoms with Crippen LogP contribution in [0, 0.1) is 20.8 Å². The molecule has 1 aromatic heterocycles. The predicted octanol–water partition coefficient (Wildman–Crippen LogP) is 14.1. The van der Waals surface area contributed by atoms with Gasteiger partial charge in [-0.3, -0.25) is 0 Å². The second-order valence-electron chi connectivity index (χ2n) is 13.2. The first-order valence-corrected chi connectivity index (χ1v) is 17.9. The summed E-state index contributed by atoms with van der Waals surface area (Å²) in [5.74, 6) is 0. The van der Waals surface area contributed by atoms with Crippen molar-refractivity contribution >= 4 is 21.8 Å². The second-order valence-corrected chi connectivity index (χ2v) is 13.2. The highest BCUT2D eigenvalue weighted by Gasteiger charge is 2.14. The topological polar surface area (TPSA) is 4.93 Å². The minimum Gasteiger partial charge on any atom is -0.309 e. The van der Waals surface area contributed by atoms with Gasteiger partial charge >= 0.3 is 0 Å². The highest BCUT2D eigenvalue weighted by molar-refractivity contribution is 6.10. The van der Waals surface area contributed by atoms with Crippen molar-refractivity contribution in [3.05, 3.63) is 223 Å². The number of nitrogens with zero attached hydrogens (tertiary/aromatic N) is 1. The maximum atomic E-state index is 2.38. The third-order valence-corrected chi connectivity index (χ3v) is 9.35. The molecule has 0 aliphatic rings. The lowest BCUT2D eigenvalue weighted by Gasteiger charge is -2.12. The summed E-state index contributed by atoms with van der Waals surface area (Å²) in [5.41, 5.74) is 15.1. The minimum atomic E-state index is 1.18. The van der Waals surface area contributed by atoms with Gasteiger partial charge in [0.25, 0.3) is 0 Å². The highest BCUT2D eigenvalue weighted by Crippen LogP contribution is 2.37. The van der Waals surface area contributed by atoms with E-state index in [9.17, 15) is 0 Å². The molecule has 0 unspecified atom stereocenters. The van der Waals surface area contributed by atoms with E-state index >= 15 is 0 Å². The van der Waals surface area contributed by atoms with Gasteiger partial charge in [0.2, 0.25) is 0 Å². The van der Waals surface area contributed by atoms with Gasteiger partial charge in [0.1, 0.15) is 0 Å². The molecule has 1 heterocycles. The van der Waals surface area contributed by atoms with Crippen LogP contribution < -0.4 is 0 Å². The Labute approximate surface area is 308 Å². The van der Waals surface area contributed by atoms with Gasteiger partial charge in [0.05, 0.1) is 11.0 Å². The van der Waals surface area contributed by atoms with Crippen LogP contribution in [0.3, 0.4) is 0 Å². The normalized spacial score (nSPS) is 10.6. The number of rotatable bonds is 4. The van der Waals surface area contributed by atoms with Gasteiger partial charge in [-0.25, -0.2) is 0 Å². The molecule has 0 atom stereocenters. The Bertz CT molecular complexity index is 2510. The van der Waals surface area contributed by atoms with Crippen LogP contribution in [0.15, 0.2) is 206 Å². The molecule has 0 N–H and O–H groups in total. The van der Waals surface area contributed by atoms with E-state index in [-0.39, 0.29) is 0 Å². The van der Waals surface area contributed by atoms with E-state index < -0.39 is 0 Å². The molecule has 0 spiro atoms. The third kappa shape index (κ3) is 7.80. The van der Waals surface area contributed by atoms with Crippen molar-refractivity contribution in [2.45, 2.75) is 20.8 Å². The molecule has 0 saturated heterocycles. The van der Waals surface area contributed by atoms with E-state index in [1.807, 2.05) is 24.3 Å². The smallest absolute Gasteiger partial charge is 0.0547 e. The van der Waals surface area contributed by atoms with Gasteiger partial charge in [-0.2, -0.15) is 0 Å². The summed E-state index contributed by atoms with van der Waals surface area (Å²) in [6.45, 7) is 6.34. The van der Waals surface area contributed by atoms with E-state index in [1.165, 1.54) is 77.6 Å². The first-order valence-electron chi connectivity index (χ1n) is 17.9. The minimum absolute atomic E-state index is 1.18. The van der Waals surface area contributed by atoms with Crippen molar-refractivity contribution in [1.82, 2.24) is 4.57 Å². The average molecular weight is 670 g/mol. The molecule has 0 saturated carbocycles. The Morgan fingerprint density at radius 1 is 0.288 bits per heavy atom. The maximum Gasteiger partial charge on any atom is 0.0547 e. The highest BCUT2D eigenvalue weighted by atomic mass is 15.0. The summed E-state index contributed by atoms with van der Waals surface area (Å²) in [6, 6.07) is 72.9. The van der Waals surface area contributed by atoms with Gasteiger partial charge < -0.3 is 4.57 Å². The molecule has 0 bridgehead atoms. The number of para-hydroxylation sites is 2. The van der Waals surface area contributed by atoms with E-state index in [1.54, 1.807) is 0 Å². The first-order chi connectivity index (χ1) is 25.5. The summed E-state index contributed by atoms with van der Waals surface area (Å²) in [6.07, 6.45) is 0. The standard InChI is InChI=1S/C31H23N.C13H12.C7H8/c1-22-10-9-11-23(20-22)26-14-5-6-15-27(26)24-18-19-29-28-16-7-8-17-30(28)32(31(29)21-24)25-12-3-2-4-13-25;1-11-7-9-13(10-8-11)12-5-3-2-4-6-12;1-7-5-3-2-4-6-7/h2-21H,1H3;2-10H,1H3;2-6H,1H3. The molecule has 52 heavy (non-hydrogen) atoms. The molecule has 8 aromatic carbocycles. The van der Waals surface area contributed by atoms with Crippen molar-refractivity contribution in [1.29, 1.82) is 0 Å². The number of fused-ring (bicyclic) bond motifs is 3. The largest absolute Gasteiger partial charge is 0.309 e. The number of hydrogen-bond acceptors (Lipinski definition) is 0. The third-order valence-electron chi connectivity index (χ3n) is 9.35. The van der Waals surface area contributed by atoms with Gasteiger partial charge in [0.15, 0.2) is 0 Å². The number of benzene rings is 8. The summed E-state index contributed by atoms with van der Waals surface area (Å²) < 4.78 is 2.38. The van der Waals surface area contributed by atoms with Crippen molar-refractivity contribution in [3.8, 4) is 39.1 Å². The molecule has 0 aliphatic carbocycles. The van der Waals surface area contributed by atoms with Gasteiger partial charge in [-0.05, 0) is 78.4 Å². The van der Waals surface area contributed by atoms with Crippen LogP contribution in [0.5, 0.6) is 0 Å². The lowest BCUT2D eigenvalue weighted by atomic mass is 9.93. The van der Waals surface area contributed by atoms with Crippen LogP contribution in [0.1, 0.15) is 16.7 Å². The van der Waals surface area contributed by atoms with E-state index in [0.717, 1.165) is 0 Å². The lowest BCUT2D eigenvalue weighted by molar-refractivity contribution is 1.18. The molecule has 9 rings (SSSR count). The quantitative estimate of drug-likeness (QED) is 0.176. The summed E-state index contributed by atoms with van der Waals surface area (Å²) >= 11 is 0. The summed E-state index contributed by atoms with van der Waals surface area (Å²) in [5, 5.41) is 2.56. The molecule has 252 valence electrons. The molecule has 1 heteroatoms. The number of aromatic nitrogens is 1. The molecule has 0 fully saturated rings. The van der Waals surface area contributed by atoms with Crippen LogP contribution in [0.4, 0.5) is 0 Å². The zero-order valence-electron chi connectivity index (χ0n) is 30.1.